The summed E-state index contributed by atoms with van der Waals surface area (Å²) in [5.41, 5.74) is 1.25. The van der Waals surface area contributed by atoms with E-state index in [2.05, 4.69) is 50.0 Å². The monoisotopic (exact) mass is 276 g/mol. The van der Waals surface area contributed by atoms with Gasteiger partial charge < -0.3 is 9.16 Å². The van der Waals surface area contributed by atoms with E-state index in [1.54, 1.807) is 0 Å². The number of allylic oxidation sites excluding steroid dienone is 1. The van der Waals surface area contributed by atoms with Crippen LogP contribution >= 0.6 is 0 Å². The molecule has 2 rings (SSSR count). The lowest BCUT2D eigenvalue weighted by atomic mass is 10.0. The highest BCUT2D eigenvalue weighted by atomic mass is 28.4. The van der Waals surface area contributed by atoms with Gasteiger partial charge in [-0.3, -0.25) is 0 Å². The highest BCUT2D eigenvalue weighted by Gasteiger charge is 2.21. The van der Waals surface area contributed by atoms with E-state index in [1.807, 2.05) is 6.07 Å². The summed E-state index contributed by atoms with van der Waals surface area (Å²) in [6, 6.07) is 10.4. The molecule has 0 aliphatic heterocycles. The first-order valence-electron chi connectivity index (χ1n) is 7.06. The van der Waals surface area contributed by atoms with Gasteiger partial charge in [-0.15, -0.1) is 0 Å². The Morgan fingerprint density at radius 2 is 1.89 bits per heavy atom. The van der Waals surface area contributed by atoms with Crippen molar-refractivity contribution in [3.05, 3.63) is 47.7 Å². The molecule has 1 aliphatic rings. The van der Waals surface area contributed by atoms with Gasteiger partial charge in [0, 0.05) is 6.42 Å². The Morgan fingerprint density at radius 3 is 2.47 bits per heavy atom. The van der Waals surface area contributed by atoms with E-state index in [9.17, 15) is 0 Å². The second-order valence-corrected chi connectivity index (χ2v) is 10.5. The molecule has 1 aliphatic carbocycles. The number of benzene rings is 1. The van der Waals surface area contributed by atoms with Crippen molar-refractivity contribution in [2.75, 3.05) is 0 Å². The van der Waals surface area contributed by atoms with Gasteiger partial charge in [0.1, 0.15) is 0 Å². The predicted molar refractivity (Wildman–Crippen MR) is 81.4 cm³/mol. The zero-order valence-corrected chi connectivity index (χ0v) is 13.2. The molecule has 1 aromatic rings. The predicted octanol–water partition coefficient (Wildman–Crippen LogP) is 4.49. The van der Waals surface area contributed by atoms with Crippen LogP contribution in [0.3, 0.4) is 0 Å². The van der Waals surface area contributed by atoms with E-state index in [0.29, 0.717) is 12.7 Å². The Kier molecular flexibility index (Phi) is 4.83. The van der Waals surface area contributed by atoms with Gasteiger partial charge in [0.05, 0.1) is 18.5 Å². The standard InChI is InChI=1S/C16H24O2Si/c1-19(2,3)18-16-11-9-15(10-12-16)17-13-14-7-5-4-6-8-14/h4-8,11,15H,9-10,12-13H2,1-3H3/t15-/m1/s1. The average Bonchev–Trinajstić information content (AvgIpc) is 2.37. The summed E-state index contributed by atoms with van der Waals surface area (Å²) in [4.78, 5) is 0. The fraction of sp³-hybridized carbons (Fsp3) is 0.500. The zero-order chi connectivity index (χ0) is 13.7. The molecule has 2 nitrogen and oxygen atoms in total. The van der Waals surface area contributed by atoms with Crippen LogP contribution in [0, 0.1) is 0 Å². The average molecular weight is 276 g/mol. The fourth-order valence-electron chi connectivity index (χ4n) is 2.21. The minimum Gasteiger partial charge on any atom is -0.548 e. The molecule has 0 spiro atoms. The van der Waals surface area contributed by atoms with Gasteiger partial charge in [0.25, 0.3) is 0 Å². The number of ether oxygens (including phenoxy) is 1. The lowest BCUT2D eigenvalue weighted by Gasteiger charge is -2.27. The minimum atomic E-state index is -1.45. The molecule has 19 heavy (non-hydrogen) atoms. The van der Waals surface area contributed by atoms with E-state index >= 15 is 0 Å². The lowest BCUT2D eigenvalue weighted by molar-refractivity contribution is 0.0311. The van der Waals surface area contributed by atoms with Crippen LogP contribution in [0.25, 0.3) is 0 Å². The molecule has 0 aromatic heterocycles. The summed E-state index contributed by atoms with van der Waals surface area (Å²) in [5.74, 6) is 1.18. The Balaban J connectivity index is 1.77. The molecule has 104 valence electrons. The Hall–Kier alpha value is -1.06. The van der Waals surface area contributed by atoms with Crippen molar-refractivity contribution >= 4 is 8.32 Å². The molecule has 1 atom stereocenters. The molecule has 0 saturated heterocycles. The van der Waals surface area contributed by atoms with Gasteiger partial charge in [-0.05, 0) is 44.1 Å². The third-order valence-corrected chi connectivity index (χ3v) is 3.96. The van der Waals surface area contributed by atoms with Crippen molar-refractivity contribution in [2.24, 2.45) is 0 Å². The van der Waals surface area contributed by atoms with Crippen LogP contribution in [0.1, 0.15) is 24.8 Å². The zero-order valence-electron chi connectivity index (χ0n) is 12.2. The molecule has 0 unspecified atom stereocenters. The van der Waals surface area contributed by atoms with E-state index < -0.39 is 8.32 Å². The highest BCUT2D eigenvalue weighted by Crippen LogP contribution is 2.24. The maximum atomic E-state index is 6.03. The highest BCUT2D eigenvalue weighted by molar-refractivity contribution is 6.70. The Labute approximate surface area is 117 Å². The fourth-order valence-corrected chi connectivity index (χ4v) is 3.18. The molecule has 0 bridgehead atoms. The Bertz CT molecular complexity index is 420. The van der Waals surface area contributed by atoms with Crippen LogP contribution in [-0.2, 0) is 15.8 Å². The summed E-state index contributed by atoms with van der Waals surface area (Å²) >= 11 is 0. The van der Waals surface area contributed by atoms with E-state index in [-0.39, 0.29) is 0 Å². The van der Waals surface area contributed by atoms with Gasteiger partial charge in [-0.1, -0.05) is 30.3 Å². The number of rotatable bonds is 5. The van der Waals surface area contributed by atoms with Crippen molar-refractivity contribution in [3.8, 4) is 0 Å². The van der Waals surface area contributed by atoms with Crippen molar-refractivity contribution in [3.63, 3.8) is 0 Å². The lowest BCUT2D eigenvalue weighted by Crippen LogP contribution is -2.27. The quantitative estimate of drug-likeness (QED) is 0.738. The molecule has 0 radical (unpaired) electrons. The molecule has 0 saturated carbocycles. The first kappa shape index (κ1) is 14.3. The molecular weight excluding hydrogens is 252 g/mol. The largest absolute Gasteiger partial charge is 0.548 e. The molecule has 0 amide bonds. The normalized spacial score (nSPS) is 19.9. The van der Waals surface area contributed by atoms with Crippen molar-refractivity contribution < 1.29 is 9.16 Å². The van der Waals surface area contributed by atoms with E-state index in [1.165, 1.54) is 11.3 Å². The van der Waals surface area contributed by atoms with Crippen molar-refractivity contribution in [1.29, 1.82) is 0 Å². The smallest absolute Gasteiger partial charge is 0.241 e. The van der Waals surface area contributed by atoms with Gasteiger partial charge in [-0.25, -0.2) is 0 Å². The molecular formula is C16H24O2Si. The topological polar surface area (TPSA) is 18.5 Å². The van der Waals surface area contributed by atoms with Gasteiger partial charge in [0.2, 0.25) is 8.32 Å². The third kappa shape index (κ3) is 5.21. The first-order valence-corrected chi connectivity index (χ1v) is 10.5. The van der Waals surface area contributed by atoms with Crippen molar-refractivity contribution in [2.45, 2.75) is 51.6 Å². The molecule has 0 N–H and O–H groups in total. The van der Waals surface area contributed by atoms with Crippen molar-refractivity contribution in [1.82, 2.24) is 0 Å². The first-order chi connectivity index (χ1) is 9.03. The van der Waals surface area contributed by atoms with E-state index in [0.717, 1.165) is 19.3 Å². The van der Waals surface area contributed by atoms with Gasteiger partial charge >= 0.3 is 0 Å². The molecule has 0 fully saturated rings. The van der Waals surface area contributed by atoms with Crippen LogP contribution in [-0.4, -0.2) is 14.4 Å². The van der Waals surface area contributed by atoms with Crippen LogP contribution in [0.2, 0.25) is 19.6 Å². The molecule has 1 aromatic carbocycles. The van der Waals surface area contributed by atoms with Crippen LogP contribution in [0.4, 0.5) is 0 Å². The minimum absolute atomic E-state index is 0.342. The second kappa shape index (κ2) is 6.39. The Morgan fingerprint density at radius 1 is 1.16 bits per heavy atom. The SMILES string of the molecule is C[Si](C)(C)OC1=CC[C@@H](OCc2ccccc2)CC1. The summed E-state index contributed by atoms with van der Waals surface area (Å²) in [5, 5.41) is 0. The maximum Gasteiger partial charge on any atom is 0.241 e. The van der Waals surface area contributed by atoms with Gasteiger partial charge in [0.15, 0.2) is 0 Å². The molecule has 0 heterocycles. The molecule has 3 heteroatoms. The maximum absolute atomic E-state index is 6.03. The third-order valence-electron chi connectivity index (χ3n) is 3.09. The van der Waals surface area contributed by atoms with Gasteiger partial charge in [-0.2, -0.15) is 0 Å². The van der Waals surface area contributed by atoms with Crippen LogP contribution < -0.4 is 0 Å². The summed E-state index contributed by atoms with van der Waals surface area (Å²) in [7, 11) is -1.45. The number of hydrogen-bond acceptors (Lipinski definition) is 2. The summed E-state index contributed by atoms with van der Waals surface area (Å²) in [6.45, 7) is 7.40. The second-order valence-electron chi connectivity index (χ2n) is 6.08. The van der Waals surface area contributed by atoms with Crippen LogP contribution in [0.15, 0.2) is 42.2 Å². The number of hydrogen-bond donors (Lipinski definition) is 0. The summed E-state index contributed by atoms with van der Waals surface area (Å²) < 4.78 is 12.0. The summed E-state index contributed by atoms with van der Waals surface area (Å²) in [6.07, 6.45) is 5.63. The van der Waals surface area contributed by atoms with E-state index in [4.69, 9.17) is 9.16 Å². The van der Waals surface area contributed by atoms with Crippen LogP contribution in [0.5, 0.6) is 0 Å².